The minimum Gasteiger partial charge on any atom is -0.373 e. The number of para-hydroxylation sites is 1. The molecule has 14 heavy (non-hydrogen) atoms. The molecule has 76 valence electrons. The molecular formula is C11H15ClN2. The molecule has 0 saturated heterocycles. The second-order valence-electron chi connectivity index (χ2n) is 3.83. The zero-order valence-corrected chi connectivity index (χ0v) is 9.09. The first-order valence-electron chi connectivity index (χ1n) is 4.93. The fourth-order valence-electron chi connectivity index (χ4n) is 2.23. The highest BCUT2D eigenvalue weighted by Crippen LogP contribution is 2.41. The zero-order valence-electron chi connectivity index (χ0n) is 8.33. The Morgan fingerprint density at radius 1 is 1.57 bits per heavy atom. The molecule has 2 N–H and O–H groups in total. The van der Waals surface area contributed by atoms with E-state index < -0.39 is 0 Å². The summed E-state index contributed by atoms with van der Waals surface area (Å²) in [4.78, 5) is 2.22. The van der Waals surface area contributed by atoms with E-state index in [1.54, 1.807) is 0 Å². The largest absolute Gasteiger partial charge is 0.373 e. The first-order valence-corrected chi connectivity index (χ1v) is 5.31. The Morgan fingerprint density at radius 3 is 3.07 bits per heavy atom. The highest BCUT2D eigenvalue weighted by atomic mass is 35.5. The Morgan fingerprint density at radius 2 is 2.36 bits per heavy atom. The highest BCUT2D eigenvalue weighted by Gasteiger charge is 2.27. The summed E-state index contributed by atoms with van der Waals surface area (Å²) in [6.07, 6.45) is 1.04. The van der Waals surface area contributed by atoms with Crippen LogP contribution in [0.2, 0.25) is 5.02 Å². The van der Waals surface area contributed by atoms with Crippen LogP contribution < -0.4 is 10.6 Å². The molecule has 0 radical (unpaired) electrons. The van der Waals surface area contributed by atoms with E-state index in [1.165, 1.54) is 11.3 Å². The van der Waals surface area contributed by atoms with E-state index in [9.17, 15) is 0 Å². The second kappa shape index (κ2) is 3.79. The Balaban J connectivity index is 2.39. The molecule has 0 spiro atoms. The Labute approximate surface area is 89.7 Å². The molecule has 1 aromatic carbocycles. The van der Waals surface area contributed by atoms with Crippen LogP contribution >= 0.6 is 11.6 Å². The maximum atomic E-state index is 6.16. The standard InChI is InChI=1S/C11H15ClN2/c1-14-7-8(5-6-13)9-3-2-4-10(12)11(9)14/h2-4,8H,5-7,13H2,1H3. The van der Waals surface area contributed by atoms with Crippen molar-refractivity contribution in [3.8, 4) is 0 Å². The molecule has 0 amide bonds. The monoisotopic (exact) mass is 210 g/mol. The summed E-state index contributed by atoms with van der Waals surface area (Å²) in [7, 11) is 2.08. The van der Waals surface area contributed by atoms with Crippen molar-refractivity contribution in [1.29, 1.82) is 0 Å². The van der Waals surface area contributed by atoms with Crippen LogP contribution in [-0.4, -0.2) is 20.1 Å². The SMILES string of the molecule is CN1CC(CCN)c2cccc(Cl)c21. The molecule has 3 heteroatoms. The molecule has 1 aliphatic heterocycles. The minimum absolute atomic E-state index is 0.554. The number of fused-ring (bicyclic) bond motifs is 1. The number of rotatable bonds is 2. The van der Waals surface area contributed by atoms with E-state index in [0.717, 1.165) is 24.5 Å². The van der Waals surface area contributed by atoms with Gasteiger partial charge in [-0.1, -0.05) is 23.7 Å². The lowest BCUT2D eigenvalue weighted by Crippen LogP contribution is -2.17. The number of hydrogen-bond donors (Lipinski definition) is 1. The molecule has 0 aromatic heterocycles. The fraction of sp³-hybridized carbons (Fsp3) is 0.455. The smallest absolute Gasteiger partial charge is 0.0642 e. The van der Waals surface area contributed by atoms with E-state index in [-0.39, 0.29) is 0 Å². The molecule has 1 atom stereocenters. The fourth-order valence-corrected chi connectivity index (χ4v) is 2.56. The van der Waals surface area contributed by atoms with Gasteiger partial charge in [-0.25, -0.2) is 0 Å². The Bertz CT molecular complexity index is 338. The van der Waals surface area contributed by atoms with Crippen LogP contribution in [0.25, 0.3) is 0 Å². The maximum Gasteiger partial charge on any atom is 0.0642 e. The van der Waals surface area contributed by atoms with Crippen LogP contribution in [0.3, 0.4) is 0 Å². The Kier molecular flexibility index (Phi) is 2.66. The highest BCUT2D eigenvalue weighted by molar-refractivity contribution is 6.33. The van der Waals surface area contributed by atoms with E-state index in [1.807, 2.05) is 12.1 Å². The summed E-state index contributed by atoms with van der Waals surface area (Å²) in [6, 6.07) is 6.12. The first kappa shape index (κ1) is 9.81. The van der Waals surface area contributed by atoms with Crippen molar-refractivity contribution in [2.75, 3.05) is 25.0 Å². The van der Waals surface area contributed by atoms with Gasteiger partial charge in [0, 0.05) is 19.5 Å². The molecule has 0 aliphatic carbocycles. The topological polar surface area (TPSA) is 29.3 Å². The number of benzene rings is 1. The van der Waals surface area contributed by atoms with Crippen molar-refractivity contribution in [3.05, 3.63) is 28.8 Å². The van der Waals surface area contributed by atoms with Crippen LogP contribution in [0.5, 0.6) is 0 Å². The lowest BCUT2D eigenvalue weighted by Gasteiger charge is -2.13. The Hall–Kier alpha value is -0.730. The van der Waals surface area contributed by atoms with E-state index in [0.29, 0.717) is 5.92 Å². The zero-order chi connectivity index (χ0) is 10.1. The van der Waals surface area contributed by atoms with Gasteiger partial charge in [0.05, 0.1) is 10.7 Å². The van der Waals surface area contributed by atoms with Gasteiger partial charge in [0.15, 0.2) is 0 Å². The average Bonchev–Trinajstić information content (AvgIpc) is 2.46. The van der Waals surface area contributed by atoms with Gasteiger partial charge < -0.3 is 10.6 Å². The van der Waals surface area contributed by atoms with Gasteiger partial charge in [0.1, 0.15) is 0 Å². The molecule has 0 bridgehead atoms. The minimum atomic E-state index is 0.554. The third-order valence-electron chi connectivity index (χ3n) is 2.85. The van der Waals surface area contributed by atoms with Crippen LogP contribution in [0.15, 0.2) is 18.2 Å². The summed E-state index contributed by atoms with van der Waals surface area (Å²) in [5, 5.41) is 0.851. The molecule has 2 nitrogen and oxygen atoms in total. The lowest BCUT2D eigenvalue weighted by molar-refractivity contribution is 0.662. The number of nitrogens with zero attached hydrogens (tertiary/aromatic N) is 1. The van der Waals surface area contributed by atoms with Gasteiger partial charge in [0.2, 0.25) is 0 Å². The van der Waals surface area contributed by atoms with Crippen LogP contribution in [-0.2, 0) is 0 Å². The van der Waals surface area contributed by atoms with Crippen molar-refractivity contribution < 1.29 is 0 Å². The van der Waals surface area contributed by atoms with Crippen molar-refractivity contribution in [2.24, 2.45) is 5.73 Å². The van der Waals surface area contributed by atoms with Gasteiger partial charge >= 0.3 is 0 Å². The van der Waals surface area contributed by atoms with E-state index in [4.69, 9.17) is 17.3 Å². The van der Waals surface area contributed by atoms with Crippen molar-refractivity contribution in [1.82, 2.24) is 0 Å². The third kappa shape index (κ3) is 1.49. The summed E-state index contributed by atoms with van der Waals surface area (Å²) < 4.78 is 0. The summed E-state index contributed by atoms with van der Waals surface area (Å²) in [5.74, 6) is 0.554. The normalized spacial score (nSPS) is 19.9. The van der Waals surface area contributed by atoms with Crippen LogP contribution in [0, 0.1) is 0 Å². The number of hydrogen-bond acceptors (Lipinski definition) is 2. The predicted octanol–water partition coefficient (Wildman–Crippen LogP) is 2.22. The molecule has 1 unspecified atom stereocenters. The quantitative estimate of drug-likeness (QED) is 0.811. The lowest BCUT2D eigenvalue weighted by atomic mass is 9.98. The second-order valence-corrected chi connectivity index (χ2v) is 4.24. The summed E-state index contributed by atoms with van der Waals surface area (Å²) in [5.41, 5.74) is 8.14. The first-order chi connectivity index (χ1) is 6.74. The number of likely N-dealkylation sites (N-methyl/N-ethyl adjacent to an activating group) is 1. The van der Waals surface area contributed by atoms with Gasteiger partial charge in [0.25, 0.3) is 0 Å². The van der Waals surface area contributed by atoms with Gasteiger partial charge in [-0.2, -0.15) is 0 Å². The van der Waals surface area contributed by atoms with Crippen LogP contribution in [0.1, 0.15) is 17.9 Å². The van der Waals surface area contributed by atoms with Gasteiger partial charge in [-0.15, -0.1) is 0 Å². The van der Waals surface area contributed by atoms with Crippen molar-refractivity contribution >= 4 is 17.3 Å². The number of halogens is 1. The summed E-state index contributed by atoms with van der Waals surface area (Å²) in [6.45, 7) is 1.78. The van der Waals surface area contributed by atoms with Gasteiger partial charge in [-0.3, -0.25) is 0 Å². The van der Waals surface area contributed by atoms with E-state index in [2.05, 4.69) is 18.0 Å². The van der Waals surface area contributed by atoms with Crippen molar-refractivity contribution in [2.45, 2.75) is 12.3 Å². The molecule has 1 aliphatic rings. The van der Waals surface area contributed by atoms with E-state index >= 15 is 0 Å². The number of nitrogens with two attached hydrogens (primary N) is 1. The third-order valence-corrected chi connectivity index (χ3v) is 3.15. The van der Waals surface area contributed by atoms with Crippen molar-refractivity contribution in [3.63, 3.8) is 0 Å². The molecule has 1 heterocycles. The average molecular weight is 211 g/mol. The summed E-state index contributed by atoms with van der Waals surface area (Å²) >= 11 is 6.16. The molecule has 0 saturated carbocycles. The predicted molar refractivity (Wildman–Crippen MR) is 61.1 cm³/mol. The number of anilines is 1. The van der Waals surface area contributed by atoms with Gasteiger partial charge in [-0.05, 0) is 24.6 Å². The molecule has 2 rings (SSSR count). The molecule has 0 fully saturated rings. The molecular weight excluding hydrogens is 196 g/mol. The molecule has 1 aromatic rings. The van der Waals surface area contributed by atoms with Crippen LogP contribution in [0.4, 0.5) is 5.69 Å². The maximum absolute atomic E-state index is 6.16.